The first kappa shape index (κ1) is 13.8. The van der Waals surface area contributed by atoms with Crippen LogP contribution < -0.4 is 10.6 Å². The maximum atomic E-state index is 8.71. The highest BCUT2D eigenvalue weighted by atomic mass is 16.2. The molecule has 0 aliphatic heterocycles. The van der Waals surface area contributed by atoms with E-state index in [1.165, 1.54) is 6.42 Å². The summed E-state index contributed by atoms with van der Waals surface area (Å²) in [5.41, 5.74) is 7.96. The number of aliphatic hydroxyl groups excluding tert-OH is 1. The van der Waals surface area contributed by atoms with Crippen LogP contribution in [0.5, 0.6) is 0 Å². The largest absolute Gasteiger partial charge is 0.397 e. The maximum Gasteiger partial charge on any atom is 0.0599 e. The van der Waals surface area contributed by atoms with Crippen molar-refractivity contribution in [2.75, 3.05) is 30.3 Å². The molecule has 17 heavy (non-hydrogen) atoms. The number of aliphatic hydroxyl groups is 1. The van der Waals surface area contributed by atoms with Gasteiger partial charge in [0, 0.05) is 19.7 Å². The van der Waals surface area contributed by atoms with Gasteiger partial charge in [-0.15, -0.1) is 0 Å². The second kappa shape index (κ2) is 7.96. The van der Waals surface area contributed by atoms with Gasteiger partial charge in [0.1, 0.15) is 0 Å². The van der Waals surface area contributed by atoms with Crippen LogP contribution in [0.3, 0.4) is 0 Å². The van der Waals surface area contributed by atoms with Gasteiger partial charge in [-0.25, -0.2) is 0 Å². The van der Waals surface area contributed by atoms with Gasteiger partial charge in [0.25, 0.3) is 0 Å². The molecule has 0 aromatic heterocycles. The zero-order valence-electron chi connectivity index (χ0n) is 10.7. The molecular formula is C14H24N2O. The third kappa shape index (κ3) is 4.65. The maximum absolute atomic E-state index is 8.71. The number of nitrogen functional groups attached to an aromatic ring is 1. The number of para-hydroxylation sites is 2. The number of benzene rings is 1. The Morgan fingerprint density at radius 2 is 1.82 bits per heavy atom. The molecule has 0 bridgehead atoms. The highest BCUT2D eigenvalue weighted by molar-refractivity contribution is 5.67. The molecule has 0 radical (unpaired) electrons. The Morgan fingerprint density at radius 3 is 2.47 bits per heavy atom. The van der Waals surface area contributed by atoms with E-state index < -0.39 is 0 Å². The minimum absolute atomic E-state index is 0.309. The van der Waals surface area contributed by atoms with Crippen molar-refractivity contribution in [1.29, 1.82) is 0 Å². The molecule has 0 saturated heterocycles. The van der Waals surface area contributed by atoms with Gasteiger partial charge in [0.05, 0.1) is 11.4 Å². The quantitative estimate of drug-likeness (QED) is 0.539. The third-order valence-corrected chi connectivity index (χ3v) is 3.00. The normalized spacial score (nSPS) is 10.5. The van der Waals surface area contributed by atoms with Crippen molar-refractivity contribution in [3.63, 3.8) is 0 Å². The number of nitrogens with zero attached hydrogens (tertiary/aromatic N) is 1. The molecule has 0 spiro atoms. The Bertz CT molecular complexity index is 315. The van der Waals surface area contributed by atoms with Crippen LogP contribution in [0.15, 0.2) is 24.3 Å². The topological polar surface area (TPSA) is 49.5 Å². The van der Waals surface area contributed by atoms with E-state index in [9.17, 15) is 0 Å². The van der Waals surface area contributed by atoms with E-state index in [1.54, 1.807) is 0 Å². The second-order valence-electron chi connectivity index (χ2n) is 4.28. The molecule has 0 aliphatic carbocycles. The first-order chi connectivity index (χ1) is 8.29. The molecule has 0 aliphatic rings. The van der Waals surface area contributed by atoms with E-state index in [-0.39, 0.29) is 0 Å². The fraction of sp³-hybridized carbons (Fsp3) is 0.571. The summed E-state index contributed by atoms with van der Waals surface area (Å²) in [6, 6.07) is 8.02. The van der Waals surface area contributed by atoms with E-state index in [0.717, 1.165) is 43.7 Å². The van der Waals surface area contributed by atoms with Crippen LogP contribution in [-0.4, -0.2) is 24.8 Å². The van der Waals surface area contributed by atoms with Gasteiger partial charge in [-0.05, 0) is 31.9 Å². The standard InChI is InChI=1S/C14H24N2O/c1-2-16(11-7-3-4-8-12-17)14-10-6-5-9-13(14)15/h5-6,9-10,17H,2-4,7-8,11-12,15H2,1H3. The van der Waals surface area contributed by atoms with E-state index in [4.69, 9.17) is 10.8 Å². The van der Waals surface area contributed by atoms with E-state index in [0.29, 0.717) is 6.61 Å². The van der Waals surface area contributed by atoms with Crippen LogP contribution in [0, 0.1) is 0 Å². The summed E-state index contributed by atoms with van der Waals surface area (Å²) >= 11 is 0. The lowest BCUT2D eigenvalue weighted by Crippen LogP contribution is -2.24. The average Bonchev–Trinajstić information content (AvgIpc) is 2.35. The molecule has 0 atom stereocenters. The number of hydrogen-bond acceptors (Lipinski definition) is 3. The summed E-state index contributed by atoms with van der Waals surface area (Å²) in [7, 11) is 0. The van der Waals surface area contributed by atoms with Gasteiger partial charge in [0.15, 0.2) is 0 Å². The minimum Gasteiger partial charge on any atom is -0.397 e. The van der Waals surface area contributed by atoms with Gasteiger partial charge in [-0.3, -0.25) is 0 Å². The molecule has 0 heterocycles. The summed E-state index contributed by atoms with van der Waals surface area (Å²) in [6.45, 7) is 4.48. The highest BCUT2D eigenvalue weighted by Crippen LogP contribution is 2.22. The fourth-order valence-electron chi connectivity index (χ4n) is 1.99. The lowest BCUT2D eigenvalue weighted by atomic mass is 10.1. The summed E-state index contributed by atoms with van der Waals surface area (Å²) in [6.07, 6.45) is 4.35. The molecule has 0 amide bonds. The fourth-order valence-corrected chi connectivity index (χ4v) is 1.99. The van der Waals surface area contributed by atoms with Crippen molar-refractivity contribution in [1.82, 2.24) is 0 Å². The molecular weight excluding hydrogens is 212 g/mol. The Kier molecular flexibility index (Phi) is 6.48. The molecule has 1 rings (SSSR count). The smallest absolute Gasteiger partial charge is 0.0599 e. The molecule has 96 valence electrons. The lowest BCUT2D eigenvalue weighted by Gasteiger charge is -2.24. The molecule has 1 aromatic carbocycles. The van der Waals surface area contributed by atoms with Crippen LogP contribution in [0.2, 0.25) is 0 Å². The van der Waals surface area contributed by atoms with Crippen LogP contribution in [0.25, 0.3) is 0 Å². The number of unbranched alkanes of at least 4 members (excludes halogenated alkanes) is 3. The first-order valence-corrected chi connectivity index (χ1v) is 6.50. The number of hydrogen-bond donors (Lipinski definition) is 2. The first-order valence-electron chi connectivity index (χ1n) is 6.50. The van der Waals surface area contributed by atoms with Crippen LogP contribution in [0.1, 0.15) is 32.6 Å². The lowest BCUT2D eigenvalue weighted by molar-refractivity contribution is 0.282. The molecule has 0 fully saturated rings. The number of nitrogens with two attached hydrogens (primary N) is 1. The predicted molar refractivity (Wildman–Crippen MR) is 74.3 cm³/mol. The Morgan fingerprint density at radius 1 is 1.12 bits per heavy atom. The Labute approximate surface area is 104 Å². The van der Waals surface area contributed by atoms with Crippen molar-refractivity contribution in [3.8, 4) is 0 Å². The van der Waals surface area contributed by atoms with E-state index in [2.05, 4.69) is 17.9 Å². The highest BCUT2D eigenvalue weighted by Gasteiger charge is 2.06. The minimum atomic E-state index is 0.309. The molecule has 3 heteroatoms. The van der Waals surface area contributed by atoms with Gasteiger partial charge in [0.2, 0.25) is 0 Å². The number of anilines is 2. The molecule has 3 nitrogen and oxygen atoms in total. The second-order valence-corrected chi connectivity index (χ2v) is 4.28. The SMILES string of the molecule is CCN(CCCCCCO)c1ccccc1N. The molecule has 3 N–H and O–H groups in total. The van der Waals surface area contributed by atoms with E-state index >= 15 is 0 Å². The zero-order valence-corrected chi connectivity index (χ0v) is 10.7. The molecule has 0 saturated carbocycles. The third-order valence-electron chi connectivity index (χ3n) is 3.00. The van der Waals surface area contributed by atoms with Gasteiger partial charge < -0.3 is 15.7 Å². The van der Waals surface area contributed by atoms with Gasteiger partial charge in [-0.1, -0.05) is 25.0 Å². The van der Waals surface area contributed by atoms with Gasteiger partial charge >= 0.3 is 0 Å². The Hall–Kier alpha value is -1.22. The van der Waals surface area contributed by atoms with E-state index in [1.807, 2.05) is 18.2 Å². The van der Waals surface area contributed by atoms with Crippen LogP contribution in [0.4, 0.5) is 11.4 Å². The van der Waals surface area contributed by atoms with Crippen LogP contribution >= 0.6 is 0 Å². The number of rotatable bonds is 8. The Balaban J connectivity index is 2.41. The van der Waals surface area contributed by atoms with Gasteiger partial charge in [-0.2, -0.15) is 0 Å². The predicted octanol–water partition coefficient (Wildman–Crippen LogP) is 2.65. The summed E-state index contributed by atoms with van der Waals surface area (Å²) in [5.74, 6) is 0. The summed E-state index contributed by atoms with van der Waals surface area (Å²) < 4.78 is 0. The van der Waals surface area contributed by atoms with Crippen molar-refractivity contribution >= 4 is 11.4 Å². The summed E-state index contributed by atoms with van der Waals surface area (Å²) in [5, 5.41) is 8.71. The van der Waals surface area contributed by atoms with Crippen molar-refractivity contribution in [3.05, 3.63) is 24.3 Å². The average molecular weight is 236 g/mol. The molecule has 0 unspecified atom stereocenters. The summed E-state index contributed by atoms with van der Waals surface area (Å²) in [4.78, 5) is 2.31. The van der Waals surface area contributed by atoms with Crippen LogP contribution in [-0.2, 0) is 0 Å². The van der Waals surface area contributed by atoms with Crippen molar-refractivity contribution < 1.29 is 5.11 Å². The molecule has 1 aromatic rings. The monoisotopic (exact) mass is 236 g/mol. The zero-order chi connectivity index (χ0) is 12.5. The van der Waals surface area contributed by atoms with Crippen molar-refractivity contribution in [2.24, 2.45) is 0 Å². The van der Waals surface area contributed by atoms with Crippen molar-refractivity contribution in [2.45, 2.75) is 32.6 Å².